The lowest BCUT2D eigenvalue weighted by atomic mass is 9.99. The summed E-state index contributed by atoms with van der Waals surface area (Å²) in [5, 5.41) is 11.4. The zero-order valence-electron chi connectivity index (χ0n) is 14.5. The average Bonchev–Trinajstić information content (AvgIpc) is 2.66. The molecule has 0 bridgehead atoms. The number of ether oxygens (including phenoxy) is 1. The molecule has 0 aliphatic rings. The Balaban J connectivity index is 2.19. The van der Waals surface area contributed by atoms with Crippen LogP contribution in [0.3, 0.4) is 0 Å². The minimum Gasteiger partial charge on any atom is -0.496 e. The van der Waals surface area contributed by atoms with Gasteiger partial charge in [-0.2, -0.15) is 0 Å². The highest BCUT2D eigenvalue weighted by atomic mass is 19.1. The highest BCUT2D eigenvalue weighted by Gasteiger charge is 2.20. The Kier molecular flexibility index (Phi) is 4.97. The zero-order chi connectivity index (χ0) is 18.7. The van der Waals surface area contributed by atoms with Gasteiger partial charge in [0.25, 0.3) is 5.91 Å². The predicted octanol–water partition coefficient (Wildman–Crippen LogP) is 3.17. The molecule has 26 heavy (non-hydrogen) atoms. The Bertz CT molecular complexity index is 975. The van der Waals surface area contributed by atoms with Gasteiger partial charge in [-0.25, -0.2) is 4.39 Å². The van der Waals surface area contributed by atoms with Crippen LogP contribution in [0.1, 0.15) is 23.8 Å². The molecule has 2 aromatic carbocycles. The summed E-state index contributed by atoms with van der Waals surface area (Å²) in [6.07, 6.45) is 0.796. The van der Waals surface area contributed by atoms with Crippen molar-refractivity contribution in [1.82, 2.24) is 15.5 Å². The number of anilines is 1. The van der Waals surface area contributed by atoms with Crippen LogP contribution in [0.25, 0.3) is 22.0 Å². The summed E-state index contributed by atoms with van der Waals surface area (Å²) in [7, 11) is 1.47. The van der Waals surface area contributed by atoms with Crippen molar-refractivity contribution in [3.63, 3.8) is 0 Å². The van der Waals surface area contributed by atoms with E-state index < -0.39 is 5.82 Å². The maximum absolute atomic E-state index is 14.5. The van der Waals surface area contributed by atoms with Crippen molar-refractivity contribution in [3.8, 4) is 16.9 Å². The highest BCUT2D eigenvalue weighted by molar-refractivity contribution is 6.07. The molecule has 1 heterocycles. The number of aromatic nitrogens is 2. The molecule has 6 nitrogen and oxygen atoms in total. The summed E-state index contributed by atoms with van der Waals surface area (Å²) in [4.78, 5) is 12.2. The fraction of sp³-hybridized carbons (Fsp3) is 0.211. The van der Waals surface area contributed by atoms with Crippen LogP contribution in [0, 0.1) is 5.82 Å². The fourth-order valence-corrected chi connectivity index (χ4v) is 2.78. The molecule has 0 saturated carbocycles. The Morgan fingerprint density at radius 2 is 2.00 bits per heavy atom. The molecule has 0 radical (unpaired) electrons. The van der Waals surface area contributed by atoms with Crippen LogP contribution < -0.4 is 15.8 Å². The molecule has 1 aromatic heterocycles. The summed E-state index contributed by atoms with van der Waals surface area (Å²) < 4.78 is 19.8. The highest BCUT2D eigenvalue weighted by Crippen LogP contribution is 2.37. The third-order valence-corrected chi connectivity index (χ3v) is 4.05. The van der Waals surface area contributed by atoms with E-state index in [1.807, 2.05) is 6.92 Å². The van der Waals surface area contributed by atoms with Gasteiger partial charge in [-0.15, -0.1) is 10.2 Å². The molecule has 0 unspecified atom stereocenters. The number of carbonyl (C=O) groups excluding carboxylic acids is 1. The van der Waals surface area contributed by atoms with Crippen molar-refractivity contribution in [2.75, 3.05) is 19.4 Å². The molecule has 3 N–H and O–H groups in total. The second-order valence-corrected chi connectivity index (χ2v) is 5.74. The molecule has 134 valence electrons. The van der Waals surface area contributed by atoms with Gasteiger partial charge in [-0.05, 0) is 18.6 Å². The second kappa shape index (κ2) is 7.35. The van der Waals surface area contributed by atoms with Crippen LogP contribution >= 0.6 is 0 Å². The van der Waals surface area contributed by atoms with Crippen LogP contribution in [-0.2, 0) is 0 Å². The van der Waals surface area contributed by atoms with Crippen molar-refractivity contribution in [2.45, 2.75) is 13.3 Å². The van der Waals surface area contributed by atoms with E-state index in [0.717, 1.165) is 6.42 Å². The van der Waals surface area contributed by atoms with Crippen molar-refractivity contribution in [3.05, 3.63) is 47.9 Å². The fourth-order valence-electron chi connectivity index (χ4n) is 2.78. The SMILES string of the molecule is CCCNC(=O)c1nnc2c(-c3c(F)cccc3OC)cccc2c1N. The number of nitrogen functional groups attached to an aromatic ring is 1. The molecule has 3 aromatic rings. The van der Waals surface area contributed by atoms with Gasteiger partial charge in [0.15, 0.2) is 5.69 Å². The van der Waals surface area contributed by atoms with Crippen molar-refractivity contribution < 1.29 is 13.9 Å². The van der Waals surface area contributed by atoms with E-state index in [0.29, 0.717) is 28.8 Å². The molecule has 0 atom stereocenters. The average molecular weight is 354 g/mol. The number of nitrogens with zero attached hydrogens (tertiary/aromatic N) is 2. The van der Waals surface area contributed by atoms with Crippen LogP contribution in [0.15, 0.2) is 36.4 Å². The monoisotopic (exact) mass is 354 g/mol. The van der Waals surface area contributed by atoms with E-state index in [4.69, 9.17) is 10.5 Å². The molecule has 0 spiro atoms. The van der Waals surface area contributed by atoms with E-state index in [1.54, 1.807) is 30.3 Å². The first-order valence-corrected chi connectivity index (χ1v) is 8.24. The Morgan fingerprint density at radius 1 is 1.23 bits per heavy atom. The maximum Gasteiger partial charge on any atom is 0.273 e. The van der Waals surface area contributed by atoms with Gasteiger partial charge in [-0.3, -0.25) is 4.79 Å². The lowest BCUT2D eigenvalue weighted by Gasteiger charge is -2.13. The number of nitrogens with one attached hydrogen (secondary N) is 1. The molecule has 0 aliphatic carbocycles. The topological polar surface area (TPSA) is 90.1 Å². The molecule has 3 rings (SSSR count). The molecule has 0 aliphatic heterocycles. The number of halogens is 1. The molecular formula is C19H19FN4O2. The Labute approximate surface area is 150 Å². The first-order chi connectivity index (χ1) is 12.6. The first-order valence-electron chi connectivity index (χ1n) is 8.24. The number of methoxy groups -OCH3 is 1. The number of hydrogen-bond donors (Lipinski definition) is 2. The number of nitrogens with two attached hydrogens (primary N) is 1. The summed E-state index contributed by atoms with van der Waals surface area (Å²) in [5.41, 5.74) is 7.60. The molecule has 7 heteroatoms. The number of rotatable bonds is 5. The first kappa shape index (κ1) is 17.6. The van der Waals surface area contributed by atoms with Gasteiger partial charge in [0.2, 0.25) is 0 Å². The lowest BCUT2D eigenvalue weighted by molar-refractivity contribution is 0.0949. The van der Waals surface area contributed by atoms with E-state index in [2.05, 4.69) is 15.5 Å². The van der Waals surface area contributed by atoms with Crippen molar-refractivity contribution in [1.29, 1.82) is 0 Å². The summed E-state index contributed by atoms with van der Waals surface area (Å²) in [5.74, 6) is -0.447. The van der Waals surface area contributed by atoms with Gasteiger partial charge < -0.3 is 15.8 Å². The largest absolute Gasteiger partial charge is 0.496 e. The van der Waals surface area contributed by atoms with E-state index in [-0.39, 0.29) is 22.9 Å². The van der Waals surface area contributed by atoms with Crippen molar-refractivity contribution >= 4 is 22.5 Å². The van der Waals surface area contributed by atoms with Gasteiger partial charge in [0.1, 0.15) is 17.1 Å². The quantitative estimate of drug-likeness (QED) is 0.734. The zero-order valence-corrected chi connectivity index (χ0v) is 14.5. The van der Waals surface area contributed by atoms with E-state index in [9.17, 15) is 9.18 Å². The minimum absolute atomic E-state index is 0.0589. The third-order valence-electron chi connectivity index (χ3n) is 4.05. The number of benzene rings is 2. The maximum atomic E-state index is 14.5. The molecule has 1 amide bonds. The van der Waals surface area contributed by atoms with Crippen molar-refractivity contribution in [2.24, 2.45) is 0 Å². The number of fused-ring (bicyclic) bond motifs is 1. The number of amides is 1. The van der Waals surface area contributed by atoms with Gasteiger partial charge in [0, 0.05) is 17.5 Å². The van der Waals surface area contributed by atoms with Crippen LogP contribution in [-0.4, -0.2) is 29.8 Å². The van der Waals surface area contributed by atoms with E-state index >= 15 is 0 Å². The number of carbonyl (C=O) groups is 1. The molecule has 0 fully saturated rings. The Hall–Kier alpha value is -3.22. The van der Waals surface area contributed by atoms with E-state index in [1.165, 1.54) is 13.2 Å². The molecule has 0 saturated heterocycles. The second-order valence-electron chi connectivity index (χ2n) is 5.74. The summed E-state index contributed by atoms with van der Waals surface area (Å²) in [6, 6.07) is 9.76. The van der Waals surface area contributed by atoms with Gasteiger partial charge in [-0.1, -0.05) is 31.2 Å². The minimum atomic E-state index is -0.443. The van der Waals surface area contributed by atoms with Crippen LogP contribution in [0.2, 0.25) is 0 Å². The molecular weight excluding hydrogens is 335 g/mol. The standard InChI is InChI=1S/C19H19FN4O2/c1-3-10-22-19(25)18-16(21)12-7-4-6-11(17(12)23-24-18)15-13(20)8-5-9-14(15)26-2/h4-9H,3,10H2,1-2H3,(H2,21,23)(H,22,25). The van der Waals surface area contributed by atoms with Crippen LogP contribution in [0.4, 0.5) is 10.1 Å². The third kappa shape index (κ3) is 3.03. The number of hydrogen-bond acceptors (Lipinski definition) is 5. The predicted molar refractivity (Wildman–Crippen MR) is 98.5 cm³/mol. The van der Waals surface area contributed by atoms with Gasteiger partial charge >= 0.3 is 0 Å². The summed E-state index contributed by atoms with van der Waals surface area (Å²) >= 11 is 0. The normalized spacial score (nSPS) is 10.7. The lowest BCUT2D eigenvalue weighted by Crippen LogP contribution is -2.26. The smallest absolute Gasteiger partial charge is 0.273 e. The van der Waals surface area contributed by atoms with Gasteiger partial charge in [0.05, 0.1) is 18.4 Å². The summed E-state index contributed by atoms with van der Waals surface area (Å²) in [6.45, 7) is 2.47. The Morgan fingerprint density at radius 3 is 2.73 bits per heavy atom. The van der Waals surface area contributed by atoms with Crippen LogP contribution in [0.5, 0.6) is 5.75 Å².